The number of nitrogens with one attached hydrogen (secondary N) is 1. The molecule has 0 unspecified atom stereocenters. The maximum atomic E-state index is 12.3. The van der Waals surface area contributed by atoms with Gasteiger partial charge in [0.1, 0.15) is 0 Å². The molecule has 0 aliphatic carbocycles. The van der Waals surface area contributed by atoms with E-state index in [0.717, 1.165) is 5.56 Å². The highest BCUT2D eigenvalue weighted by Gasteiger charge is 2.36. The third kappa shape index (κ3) is 4.09. The maximum Gasteiger partial charge on any atom is 0.240 e. The van der Waals surface area contributed by atoms with E-state index in [9.17, 15) is 4.79 Å². The van der Waals surface area contributed by atoms with Crippen LogP contribution in [0.4, 0.5) is 0 Å². The number of ether oxygens (including phenoxy) is 1. The van der Waals surface area contributed by atoms with Crippen LogP contribution in [-0.2, 0) is 9.53 Å². The van der Waals surface area contributed by atoms with Crippen LogP contribution in [0.2, 0.25) is 5.02 Å². The van der Waals surface area contributed by atoms with Crippen molar-refractivity contribution in [2.75, 3.05) is 13.2 Å². The van der Waals surface area contributed by atoms with Gasteiger partial charge in [0.25, 0.3) is 0 Å². The molecular formula is C14H20Cl2N2O2. The lowest BCUT2D eigenvalue weighted by atomic mass is 9.90. The van der Waals surface area contributed by atoms with Gasteiger partial charge in [0.2, 0.25) is 5.91 Å². The molecule has 1 aliphatic rings. The molecule has 3 N–H and O–H groups in total. The molecule has 1 fully saturated rings. The number of amides is 1. The summed E-state index contributed by atoms with van der Waals surface area (Å²) in [4.78, 5) is 12.3. The first-order valence-electron chi connectivity index (χ1n) is 6.44. The molecule has 1 saturated heterocycles. The molecular weight excluding hydrogens is 299 g/mol. The number of hydrogen-bond donors (Lipinski definition) is 2. The predicted octanol–water partition coefficient (Wildman–Crippen LogP) is 2.45. The largest absolute Gasteiger partial charge is 0.381 e. The van der Waals surface area contributed by atoms with Crippen molar-refractivity contribution in [2.45, 2.75) is 31.3 Å². The summed E-state index contributed by atoms with van der Waals surface area (Å²) in [6.07, 6.45) is 1.11. The molecule has 0 aromatic heterocycles. The standard InChI is InChI=1S/C14H19ClN2O2.ClH/c1-10(11-3-2-4-12(15)9-11)17-13(18)14(16)5-7-19-8-6-14;/h2-4,9-10H,5-8,16H2,1H3,(H,17,18);1H/t10-;/m1./s1. The lowest BCUT2D eigenvalue weighted by Crippen LogP contribution is -2.57. The van der Waals surface area contributed by atoms with E-state index in [1.165, 1.54) is 0 Å². The van der Waals surface area contributed by atoms with Crippen molar-refractivity contribution in [1.29, 1.82) is 0 Å². The molecule has 4 nitrogen and oxygen atoms in total. The Balaban J connectivity index is 0.00000200. The van der Waals surface area contributed by atoms with E-state index in [4.69, 9.17) is 22.1 Å². The molecule has 2 rings (SSSR count). The minimum atomic E-state index is -0.814. The number of carbonyl (C=O) groups is 1. The molecule has 20 heavy (non-hydrogen) atoms. The van der Waals surface area contributed by atoms with Crippen LogP contribution in [0.5, 0.6) is 0 Å². The predicted molar refractivity (Wildman–Crippen MR) is 82.2 cm³/mol. The van der Waals surface area contributed by atoms with Crippen LogP contribution in [0.25, 0.3) is 0 Å². The molecule has 1 amide bonds. The first kappa shape index (κ1) is 17.2. The van der Waals surface area contributed by atoms with Gasteiger partial charge in [-0.1, -0.05) is 23.7 Å². The zero-order valence-corrected chi connectivity index (χ0v) is 13.0. The Hall–Kier alpha value is -0.810. The van der Waals surface area contributed by atoms with Crippen LogP contribution in [0.3, 0.4) is 0 Å². The summed E-state index contributed by atoms with van der Waals surface area (Å²) >= 11 is 5.95. The average molecular weight is 319 g/mol. The fourth-order valence-corrected chi connectivity index (χ4v) is 2.36. The van der Waals surface area contributed by atoms with E-state index in [0.29, 0.717) is 31.1 Å². The van der Waals surface area contributed by atoms with Crippen molar-refractivity contribution in [3.63, 3.8) is 0 Å². The Labute approximate surface area is 130 Å². The molecule has 1 atom stereocenters. The van der Waals surface area contributed by atoms with Gasteiger partial charge in [-0.05, 0) is 37.5 Å². The van der Waals surface area contributed by atoms with E-state index in [-0.39, 0.29) is 24.4 Å². The summed E-state index contributed by atoms with van der Waals surface area (Å²) in [5.41, 5.74) is 6.30. The van der Waals surface area contributed by atoms with Gasteiger partial charge in [-0.3, -0.25) is 4.79 Å². The van der Waals surface area contributed by atoms with Crippen LogP contribution in [0, 0.1) is 0 Å². The zero-order valence-electron chi connectivity index (χ0n) is 11.4. The van der Waals surface area contributed by atoms with Crippen LogP contribution in [0.15, 0.2) is 24.3 Å². The summed E-state index contributed by atoms with van der Waals surface area (Å²) < 4.78 is 5.24. The molecule has 0 spiro atoms. The number of carbonyl (C=O) groups excluding carboxylic acids is 1. The van der Waals surface area contributed by atoms with Crippen molar-refractivity contribution in [2.24, 2.45) is 5.73 Å². The minimum Gasteiger partial charge on any atom is -0.381 e. The minimum absolute atomic E-state index is 0. The highest BCUT2D eigenvalue weighted by molar-refractivity contribution is 6.30. The number of benzene rings is 1. The molecule has 0 saturated carbocycles. The molecule has 1 aromatic carbocycles. The quantitative estimate of drug-likeness (QED) is 0.899. The number of rotatable bonds is 3. The summed E-state index contributed by atoms with van der Waals surface area (Å²) in [6.45, 7) is 3.00. The lowest BCUT2D eigenvalue weighted by Gasteiger charge is -2.33. The molecule has 0 bridgehead atoms. The number of nitrogens with two attached hydrogens (primary N) is 1. The highest BCUT2D eigenvalue weighted by atomic mass is 35.5. The normalized spacial score (nSPS) is 18.8. The fraction of sp³-hybridized carbons (Fsp3) is 0.500. The number of halogens is 2. The molecule has 6 heteroatoms. The van der Waals surface area contributed by atoms with Crippen molar-refractivity contribution < 1.29 is 9.53 Å². The van der Waals surface area contributed by atoms with Gasteiger partial charge in [-0.2, -0.15) is 0 Å². The summed E-state index contributed by atoms with van der Waals surface area (Å²) in [7, 11) is 0. The Kier molecular flexibility index (Phi) is 6.27. The van der Waals surface area contributed by atoms with Crippen LogP contribution in [-0.4, -0.2) is 24.7 Å². The maximum absolute atomic E-state index is 12.3. The van der Waals surface area contributed by atoms with Crippen LogP contribution >= 0.6 is 24.0 Å². The average Bonchev–Trinajstić information content (AvgIpc) is 2.39. The molecule has 112 valence electrons. The summed E-state index contributed by atoms with van der Waals surface area (Å²) in [6, 6.07) is 7.34. The van der Waals surface area contributed by atoms with Gasteiger partial charge >= 0.3 is 0 Å². The van der Waals surface area contributed by atoms with Crippen LogP contribution < -0.4 is 11.1 Å². The second-order valence-corrected chi connectivity index (χ2v) is 5.46. The van der Waals surface area contributed by atoms with Gasteiger partial charge in [-0.25, -0.2) is 0 Å². The van der Waals surface area contributed by atoms with E-state index >= 15 is 0 Å². The van der Waals surface area contributed by atoms with Crippen molar-refractivity contribution in [3.05, 3.63) is 34.9 Å². The van der Waals surface area contributed by atoms with Gasteiger partial charge in [0, 0.05) is 18.2 Å². The Morgan fingerprint density at radius 1 is 1.45 bits per heavy atom. The molecule has 1 aliphatic heterocycles. The van der Waals surface area contributed by atoms with Gasteiger partial charge in [0.15, 0.2) is 0 Å². The SMILES string of the molecule is C[C@@H](NC(=O)C1(N)CCOCC1)c1cccc(Cl)c1.Cl. The fourth-order valence-electron chi connectivity index (χ4n) is 2.16. The third-order valence-corrected chi connectivity index (χ3v) is 3.77. The lowest BCUT2D eigenvalue weighted by molar-refractivity contribution is -0.130. The Morgan fingerprint density at radius 3 is 2.70 bits per heavy atom. The van der Waals surface area contributed by atoms with E-state index in [1.54, 1.807) is 0 Å². The van der Waals surface area contributed by atoms with Crippen molar-refractivity contribution in [1.82, 2.24) is 5.32 Å². The monoisotopic (exact) mass is 318 g/mol. The Bertz CT molecular complexity index is 462. The van der Waals surface area contributed by atoms with Gasteiger partial charge in [0.05, 0.1) is 11.6 Å². The van der Waals surface area contributed by atoms with Crippen LogP contribution in [0.1, 0.15) is 31.4 Å². The third-order valence-electron chi connectivity index (χ3n) is 3.53. The molecule has 1 heterocycles. The van der Waals surface area contributed by atoms with E-state index in [1.807, 2.05) is 31.2 Å². The highest BCUT2D eigenvalue weighted by Crippen LogP contribution is 2.21. The summed E-state index contributed by atoms with van der Waals surface area (Å²) in [5.74, 6) is -0.122. The van der Waals surface area contributed by atoms with Gasteiger partial charge in [-0.15, -0.1) is 12.4 Å². The van der Waals surface area contributed by atoms with Gasteiger partial charge < -0.3 is 15.8 Å². The molecule has 1 aromatic rings. The molecule has 0 radical (unpaired) electrons. The van der Waals surface area contributed by atoms with E-state index in [2.05, 4.69) is 5.32 Å². The zero-order chi connectivity index (χ0) is 13.9. The second kappa shape index (κ2) is 7.27. The first-order chi connectivity index (χ1) is 9.01. The first-order valence-corrected chi connectivity index (χ1v) is 6.82. The van der Waals surface area contributed by atoms with Crippen molar-refractivity contribution >= 4 is 29.9 Å². The van der Waals surface area contributed by atoms with Crippen molar-refractivity contribution in [3.8, 4) is 0 Å². The van der Waals surface area contributed by atoms with E-state index < -0.39 is 5.54 Å². The number of hydrogen-bond acceptors (Lipinski definition) is 3. The summed E-state index contributed by atoms with van der Waals surface area (Å²) in [5, 5.41) is 3.61. The smallest absolute Gasteiger partial charge is 0.240 e. The topological polar surface area (TPSA) is 64.4 Å². The second-order valence-electron chi connectivity index (χ2n) is 5.02. The Morgan fingerprint density at radius 2 is 2.10 bits per heavy atom.